The first-order valence-electron chi connectivity index (χ1n) is 8.88. The van der Waals surface area contributed by atoms with Crippen LogP contribution in [-0.2, 0) is 11.2 Å². The van der Waals surface area contributed by atoms with Crippen molar-refractivity contribution in [2.24, 2.45) is 0 Å². The zero-order valence-corrected chi connectivity index (χ0v) is 15.9. The van der Waals surface area contributed by atoms with Crippen molar-refractivity contribution in [3.8, 4) is 0 Å². The van der Waals surface area contributed by atoms with Gasteiger partial charge in [0.25, 0.3) is 0 Å². The number of amides is 1. The molecule has 25 heavy (non-hydrogen) atoms. The van der Waals surface area contributed by atoms with Crippen molar-refractivity contribution in [1.29, 1.82) is 0 Å². The maximum atomic E-state index is 12.8. The summed E-state index contributed by atoms with van der Waals surface area (Å²) >= 11 is 0. The number of benzene rings is 1. The summed E-state index contributed by atoms with van der Waals surface area (Å²) in [5.41, 5.74) is 1.46. The number of carbonyl (C=O) groups excluding carboxylic acids is 1. The zero-order valence-electron chi connectivity index (χ0n) is 15.9. The lowest BCUT2D eigenvalue weighted by Gasteiger charge is -2.24. The van der Waals surface area contributed by atoms with E-state index in [9.17, 15) is 4.79 Å². The van der Waals surface area contributed by atoms with Gasteiger partial charge in [-0.2, -0.15) is 0 Å². The summed E-state index contributed by atoms with van der Waals surface area (Å²) in [4.78, 5) is 19.1. The van der Waals surface area contributed by atoms with Crippen molar-refractivity contribution in [3.63, 3.8) is 0 Å². The van der Waals surface area contributed by atoms with Gasteiger partial charge in [0, 0.05) is 18.5 Å². The number of hydrogen-bond acceptors (Lipinski definition) is 5. The molecule has 0 saturated carbocycles. The molecule has 0 unspecified atom stereocenters. The molecule has 0 radical (unpaired) electrons. The van der Waals surface area contributed by atoms with E-state index < -0.39 is 0 Å². The largest absolute Gasteiger partial charge is 0.356 e. The second-order valence-electron chi connectivity index (χ2n) is 7.00. The molecule has 1 amide bonds. The fourth-order valence-corrected chi connectivity index (χ4v) is 2.84. The Kier molecular flexibility index (Phi) is 7.40. The van der Waals surface area contributed by atoms with Gasteiger partial charge in [0.1, 0.15) is 5.69 Å². The Morgan fingerprint density at radius 1 is 0.960 bits per heavy atom. The first-order valence-corrected chi connectivity index (χ1v) is 8.88. The quantitative estimate of drug-likeness (QED) is 0.659. The van der Waals surface area contributed by atoms with Crippen LogP contribution in [0.25, 0.3) is 11.0 Å². The minimum atomic E-state index is 0.122. The lowest BCUT2D eigenvalue weighted by atomic mass is 10.1. The monoisotopic (exact) mass is 346 g/mol. The van der Waals surface area contributed by atoms with Gasteiger partial charge >= 0.3 is 0 Å². The van der Waals surface area contributed by atoms with Crippen LogP contribution < -0.4 is 0 Å². The average Bonchev–Trinajstić information content (AvgIpc) is 2.96. The highest BCUT2D eigenvalue weighted by Crippen LogP contribution is 2.18. The predicted octanol–water partition coefficient (Wildman–Crippen LogP) is 2.10. The molecule has 0 spiro atoms. The summed E-state index contributed by atoms with van der Waals surface area (Å²) in [6, 6.07) is 7.69. The molecular weight excluding hydrogens is 316 g/mol. The van der Waals surface area contributed by atoms with E-state index in [-0.39, 0.29) is 5.91 Å². The van der Waals surface area contributed by atoms with Crippen molar-refractivity contribution in [2.75, 3.05) is 54.4 Å². The lowest BCUT2D eigenvalue weighted by Crippen LogP contribution is -2.36. The molecule has 0 N–H and O–H groups in total. The average molecular weight is 346 g/mol. The smallest absolute Gasteiger partial charge is 0.228 e. The number of carbonyl (C=O) groups is 1. The number of fused-ring (bicyclic) bond motifs is 1. The minimum absolute atomic E-state index is 0.122. The van der Waals surface area contributed by atoms with Crippen LogP contribution in [0.2, 0.25) is 0 Å². The summed E-state index contributed by atoms with van der Waals surface area (Å²) < 4.78 is 5.32. The van der Waals surface area contributed by atoms with E-state index in [0.29, 0.717) is 6.42 Å². The van der Waals surface area contributed by atoms with Gasteiger partial charge in [-0.3, -0.25) is 4.79 Å². The van der Waals surface area contributed by atoms with Crippen LogP contribution in [-0.4, -0.2) is 80.1 Å². The lowest BCUT2D eigenvalue weighted by molar-refractivity contribution is -0.130. The molecule has 138 valence electrons. The van der Waals surface area contributed by atoms with Crippen molar-refractivity contribution >= 4 is 16.9 Å². The molecule has 6 heteroatoms. The van der Waals surface area contributed by atoms with Gasteiger partial charge in [0.05, 0.1) is 6.42 Å². The topological polar surface area (TPSA) is 52.8 Å². The fraction of sp³-hybridized carbons (Fsp3) is 0.579. The van der Waals surface area contributed by atoms with Gasteiger partial charge in [-0.05, 0) is 66.3 Å². The third-order valence-corrected chi connectivity index (χ3v) is 4.19. The Balaban J connectivity index is 1.99. The predicted molar refractivity (Wildman–Crippen MR) is 101 cm³/mol. The molecule has 0 aliphatic rings. The standard InChI is InChI=1S/C19H30N4O2/c1-21(2)11-7-13-23(14-8-12-22(3)4)19(24)15-17-16-9-5-6-10-18(16)25-20-17/h5-6,9-10H,7-8,11-15H2,1-4H3. The van der Waals surface area contributed by atoms with Crippen molar-refractivity contribution in [3.05, 3.63) is 30.0 Å². The summed E-state index contributed by atoms with van der Waals surface area (Å²) in [7, 11) is 8.22. The number of hydrogen-bond donors (Lipinski definition) is 0. The second-order valence-corrected chi connectivity index (χ2v) is 7.00. The molecular formula is C19H30N4O2. The van der Waals surface area contributed by atoms with E-state index in [1.807, 2.05) is 29.2 Å². The molecule has 0 saturated heterocycles. The highest BCUT2D eigenvalue weighted by atomic mass is 16.5. The van der Waals surface area contributed by atoms with Crippen LogP contribution >= 0.6 is 0 Å². The second kappa shape index (κ2) is 9.53. The summed E-state index contributed by atoms with van der Waals surface area (Å²) in [5, 5.41) is 5.02. The SMILES string of the molecule is CN(C)CCCN(CCCN(C)C)C(=O)Cc1noc2ccccc12. The molecule has 1 aromatic heterocycles. The Morgan fingerprint density at radius 2 is 1.56 bits per heavy atom. The van der Waals surface area contributed by atoms with Crippen LogP contribution in [0.1, 0.15) is 18.5 Å². The Morgan fingerprint density at radius 3 is 2.16 bits per heavy atom. The normalized spacial score (nSPS) is 11.6. The first-order chi connectivity index (χ1) is 12.0. The molecule has 2 aromatic rings. The van der Waals surface area contributed by atoms with Crippen molar-refractivity contribution in [1.82, 2.24) is 19.9 Å². The van der Waals surface area contributed by atoms with E-state index in [1.54, 1.807) is 0 Å². The molecule has 6 nitrogen and oxygen atoms in total. The highest BCUT2D eigenvalue weighted by molar-refractivity contribution is 5.86. The first kappa shape index (κ1) is 19.4. The third kappa shape index (κ3) is 6.14. The third-order valence-electron chi connectivity index (χ3n) is 4.19. The summed E-state index contributed by atoms with van der Waals surface area (Å²) in [6.45, 7) is 3.51. The zero-order chi connectivity index (χ0) is 18.2. The van der Waals surface area contributed by atoms with Crippen LogP contribution in [0.4, 0.5) is 0 Å². The number of rotatable bonds is 10. The van der Waals surface area contributed by atoms with Gasteiger partial charge in [-0.1, -0.05) is 17.3 Å². The summed E-state index contributed by atoms with van der Waals surface area (Å²) in [5.74, 6) is 0.122. The fourth-order valence-electron chi connectivity index (χ4n) is 2.84. The van der Waals surface area contributed by atoms with Gasteiger partial charge in [0.15, 0.2) is 5.58 Å². The molecule has 0 aliphatic carbocycles. The van der Waals surface area contributed by atoms with Gasteiger partial charge < -0.3 is 19.2 Å². The van der Waals surface area contributed by atoms with E-state index in [0.717, 1.165) is 55.7 Å². The van der Waals surface area contributed by atoms with Crippen LogP contribution in [0.5, 0.6) is 0 Å². The minimum Gasteiger partial charge on any atom is -0.356 e. The van der Waals surface area contributed by atoms with E-state index >= 15 is 0 Å². The van der Waals surface area contributed by atoms with Gasteiger partial charge in [-0.25, -0.2) is 0 Å². The molecule has 1 aromatic carbocycles. The van der Waals surface area contributed by atoms with Crippen molar-refractivity contribution < 1.29 is 9.32 Å². The Bertz CT molecular complexity index is 652. The van der Waals surface area contributed by atoms with Crippen LogP contribution in [0.3, 0.4) is 0 Å². The molecule has 0 atom stereocenters. The van der Waals surface area contributed by atoms with Crippen LogP contribution in [0, 0.1) is 0 Å². The maximum absolute atomic E-state index is 12.8. The Labute approximate surface area is 150 Å². The molecule has 0 bridgehead atoms. The van der Waals surface area contributed by atoms with Crippen molar-refractivity contribution in [2.45, 2.75) is 19.3 Å². The number of nitrogens with zero attached hydrogens (tertiary/aromatic N) is 4. The van der Waals surface area contributed by atoms with E-state index in [2.05, 4.69) is 43.1 Å². The van der Waals surface area contributed by atoms with Crippen LogP contribution in [0.15, 0.2) is 28.8 Å². The molecule has 2 rings (SSSR count). The van der Waals surface area contributed by atoms with Gasteiger partial charge in [-0.15, -0.1) is 0 Å². The summed E-state index contributed by atoms with van der Waals surface area (Å²) in [6.07, 6.45) is 2.24. The van der Waals surface area contributed by atoms with E-state index in [1.165, 1.54) is 0 Å². The number of aromatic nitrogens is 1. The molecule has 0 fully saturated rings. The molecule has 1 heterocycles. The highest BCUT2D eigenvalue weighted by Gasteiger charge is 2.18. The Hall–Kier alpha value is -1.92. The maximum Gasteiger partial charge on any atom is 0.228 e. The van der Waals surface area contributed by atoms with Gasteiger partial charge in [0.2, 0.25) is 5.91 Å². The number of para-hydroxylation sites is 1. The molecule has 0 aliphatic heterocycles. The van der Waals surface area contributed by atoms with E-state index in [4.69, 9.17) is 4.52 Å².